The minimum Gasteiger partial charge on any atom is -0.410 e. The number of nitriles is 1. The van der Waals surface area contributed by atoms with Crippen molar-refractivity contribution in [3.63, 3.8) is 0 Å². The molecule has 0 atom stereocenters. The van der Waals surface area contributed by atoms with E-state index in [0.29, 0.717) is 0 Å². The molecular weight excluding hydrogens is 192 g/mol. The average Bonchev–Trinajstić information content (AvgIpc) is 2.62. The monoisotopic (exact) mass is 200 g/mol. The first-order valence-electron chi connectivity index (χ1n) is 4.33. The van der Waals surface area contributed by atoms with E-state index in [1.54, 1.807) is 6.07 Å². The smallest absolute Gasteiger partial charge is 0.221 e. The fourth-order valence-corrected chi connectivity index (χ4v) is 1.36. The third kappa shape index (κ3) is 1.53. The number of hydrogen-bond donors (Lipinski definition) is 2. The Balaban J connectivity index is 2.62. The summed E-state index contributed by atoms with van der Waals surface area (Å²) in [6, 6.07) is 7.43. The summed E-state index contributed by atoms with van der Waals surface area (Å²) in [6.07, 6.45) is 0. The van der Waals surface area contributed by atoms with Crippen LogP contribution in [0.4, 0.5) is 0 Å². The number of aromatic amines is 1. The van der Waals surface area contributed by atoms with Gasteiger partial charge in [0.15, 0.2) is 5.82 Å². The summed E-state index contributed by atoms with van der Waals surface area (Å²) in [7, 11) is 0. The van der Waals surface area contributed by atoms with Gasteiger partial charge in [0.25, 0.3) is 0 Å². The van der Waals surface area contributed by atoms with Gasteiger partial charge in [-0.15, -0.1) is 0 Å². The van der Waals surface area contributed by atoms with Gasteiger partial charge >= 0.3 is 0 Å². The number of nitrogens with zero attached hydrogens (tertiary/aromatic N) is 3. The highest BCUT2D eigenvalue weighted by Crippen LogP contribution is 2.13. The zero-order valence-electron chi connectivity index (χ0n) is 8.02. The van der Waals surface area contributed by atoms with Crippen LogP contribution in [0.2, 0.25) is 0 Å². The standard InChI is InChI=1S/C10H8N4O/c1-6-2-3-7-8(4-6)13-10(12-7)9(5-11)14-15/h2-4,15H,1H3,(H,12,13)/b14-9-. The van der Waals surface area contributed by atoms with Crippen molar-refractivity contribution in [2.24, 2.45) is 5.16 Å². The maximum Gasteiger partial charge on any atom is 0.221 e. The summed E-state index contributed by atoms with van der Waals surface area (Å²) in [4.78, 5) is 7.04. The van der Waals surface area contributed by atoms with E-state index in [-0.39, 0.29) is 11.5 Å². The van der Waals surface area contributed by atoms with Crippen LogP contribution in [0.25, 0.3) is 11.0 Å². The summed E-state index contributed by atoms with van der Waals surface area (Å²) in [5.41, 5.74) is 2.54. The molecule has 2 rings (SSSR count). The fourth-order valence-electron chi connectivity index (χ4n) is 1.36. The lowest BCUT2D eigenvalue weighted by atomic mass is 10.2. The summed E-state index contributed by atoms with van der Waals surface area (Å²) < 4.78 is 0. The van der Waals surface area contributed by atoms with Crippen molar-refractivity contribution in [3.8, 4) is 6.07 Å². The van der Waals surface area contributed by atoms with Crippen LogP contribution in [0.1, 0.15) is 11.4 Å². The largest absolute Gasteiger partial charge is 0.410 e. The number of imidazole rings is 1. The third-order valence-electron chi connectivity index (χ3n) is 2.07. The van der Waals surface area contributed by atoms with E-state index >= 15 is 0 Å². The van der Waals surface area contributed by atoms with Crippen LogP contribution in [0.15, 0.2) is 23.4 Å². The molecule has 5 heteroatoms. The number of oxime groups is 1. The quantitative estimate of drug-likeness (QED) is 0.416. The third-order valence-corrected chi connectivity index (χ3v) is 2.07. The number of nitrogens with one attached hydrogen (secondary N) is 1. The van der Waals surface area contributed by atoms with Gasteiger partial charge in [0.1, 0.15) is 6.07 Å². The molecule has 1 aromatic heterocycles. The molecule has 0 radical (unpaired) electrons. The Labute approximate surface area is 85.7 Å². The Hall–Kier alpha value is -2.35. The van der Waals surface area contributed by atoms with Crippen LogP contribution in [0.5, 0.6) is 0 Å². The number of hydrogen-bond acceptors (Lipinski definition) is 4. The zero-order valence-corrected chi connectivity index (χ0v) is 8.02. The summed E-state index contributed by atoms with van der Waals surface area (Å²) in [6.45, 7) is 1.96. The molecule has 0 aliphatic heterocycles. The Morgan fingerprint density at radius 1 is 1.60 bits per heavy atom. The maximum absolute atomic E-state index is 8.66. The summed E-state index contributed by atoms with van der Waals surface area (Å²) in [5, 5.41) is 20.1. The fraction of sp³-hybridized carbons (Fsp3) is 0.100. The highest BCUT2D eigenvalue weighted by atomic mass is 16.4. The molecule has 0 spiro atoms. The Bertz CT molecular complexity index is 577. The second kappa shape index (κ2) is 3.42. The van der Waals surface area contributed by atoms with Gasteiger partial charge in [-0.25, -0.2) is 4.98 Å². The molecule has 1 aromatic carbocycles. The SMILES string of the molecule is Cc1ccc2nc(/C(C#N)=N\O)[nH]c2c1. The highest BCUT2D eigenvalue weighted by molar-refractivity contribution is 6.10. The molecule has 0 aliphatic rings. The van der Waals surface area contributed by atoms with Gasteiger partial charge in [-0.2, -0.15) is 5.26 Å². The molecule has 0 fully saturated rings. The molecule has 0 unspecified atom stereocenters. The number of benzene rings is 1. The van der Waals surface area contributed by atoms with Crippen LogP contribution in [-0.2, 0) is 0 Å². The van der Waals surface area contributed by atoms with Gasteiger partial charge in [0.2, 0.25) is 5.71 Å². The molecule has 74 valence electrons. The Morgan fingerprint density at radius 3 is 3.07 bits per heavy atom. The first-order valence-corrected chi connectivity index (χ1v) is 4.33. The van der Waals surface area contributed by atoms with Gasteiger partial charge in [-0.1, -0.05) is 11.2 Å². The molecular formula is C10H8N4O. The lowest BCUT2D eigenvalue weighted by Gasteiger charge is -1.89. The van der Waals surface area contributed by atoms with Crippen LogP contribution in [0.3, 0.4) is 0 Å². The number of aromatic nitrogens is 2. The van der Waals surface area contributed by atoms with Gasteiger partial charge < -0.3 is 10.2 Å². The van der Waals surface area contributed by atoms with Crippen molar-refractivity contribution in [1.29, 1.82) is 5.26 Å². The van der Waals surface area contributed by atoms with E-state index < -0.39 is 0 Å². The normalized spacial score (nSPS) is 11.6. The van der Waals surface area contributed by atoms with Crippen molar-refractivity contribution in [1.82, 2.24) is 9.97 Å². The van der Waals surface area contributed by atoms with E-state index in [0.717, 1.165) is 16.6 Å². The predicted octanol–water partition coefficient (Wildman–Crippen LogP) is 1.57. The van der Waals surface area contributed by atoms with E-state index in [1.165, 1.54) is 0 Å². The van der Waals surface area contributed by atoms with E-state index in [9.17, 15) is 0 Å². The van der Waals surface area contributed by atoms with Gasteiger partial charge in [0, 0.05) is 0 Å². The average molecular weight is 200 g/mol. The molecule has 0 saturated heterocycles. The lowest BCUT2D eigenvalue weighted by Crippen LogP contribution is -1.99. The molecule has 2 N–H and O–H groups in total. The number of H-pyrrole nitrogens is 1. The first-order chi connectivity index (χ1) is 7.24. The molecule has 2 aromatic rings. The number of fused-ring (bicyclic) bond motifs is 1. The van der Waals surface area contributed by atoms with Crippen molar-refractivity contribution in [3.05, 3.63) is 29.6 Å². The van der Waals surface area contributed by atoms with Gasteiger partial charge in [0.05, 0.1) is 11.0 Å². The van der Waals surface area contributed by atoms with Crippen molar-refractivity contribution < 1.29 is 5.21 Å². The minimum atomic E-state index is -0.121. The minimum absolute atomic E-state index is 0.121. The van der Waals surface area contributed by atoms with E-state index in [4.69, 9.17) is 10.5 Å². The van der Waals surface area contributed by atoms with Gasteiger partial charge in [-0.05, 0) is 24.6 Å². The number of rotatable bonds is 1. The highest BCUT2D eigenvalue weighted by Gasteiger charge is 2.09. The second-order valence-corrected chi connectivity index (χ2v) is 3.17. The Kier molecular flexibility index (Phi) is 2.10. The molecule has 5 nitrogen and oxygen atoms in total. The summed E-state index contributed by atoms with van der Waals surface area (Å²) >= 11 is 0. The van der Waals surface area contributed by atoms with E-state index in [1.807, 2.05) is 25.1 Å². The van der Waals surface area contributed by atoms with Crippen molar-refractivity contribution >= 4 is 16.7 Å². The predicted molar refractivity (Wildman–Crippen MR) is 54.8 cm³/mol. The topological polar surface area (TPSA) is 85.1 Å². The molecule has 0 amide bonds. The van der Waals surface area contributed by atoms with Crippen LogP contribution < -0.4 is 0 Å². The van der Waals surface area contributed by atoms with Crippen molar-refractivity contribution in [2.75, 3.05) is 0 Å². The van der Waals surface area contributed by atoms with Crippen LogP contribution in [-0.4, -0.2) is 20.9 Å². The molecule has 0 saturated carbocycles. The Morgan fingerprint density at radius 2 is 2.40 bits per heavy atom. The maximum atomic E-state index is 8.66. The van der Waals surface area contributed by atoms with Crippen LogP contribution >= 0.6 is 0 Å². The second-order valence-electron chi connectivity index (χ2n) is 3.17. The molecule has 1 heterocycles. The van der Waals surface area contributed by atoms with Crippen molar-refractivity contribution in [2.45, 2.75) is 6.92 Å². The molecule has 0 bridgehead atoms. The first kappa shape index (κ1) is 9.21. The number of aryl methyl sites for hydroxylation is 1. The van der Waals surface area contributed by atoms with Gasteiger partial charge in [-0.3, -0.25) is 0 Å². The zero-order chi connectivity index (χ0) is 10.8. The summed E-state index contributed by atoms with van der Waals surface area (Å²) in [5.74, 6) is 0.278. The molecule has 0 aliphatic carbocycles. The van der Waals surface area contributed by atoms with Crippen LogP contribution in [0, 0.1) is 18.3 Å². The molecule has 15 heavy (non-hydrogen) atoms. The van der Waals surface area contributed by atoms with E-state index in [2.05, 4.69) is 15.1 Å². The lowest BCUT2D eigenvalue weighted by molar-refractivity contribution is 0.320.